The second kappa shape index (κ2) is 8.86. The molecule has 0 spiro atoms. The molecule has 2 aromatic rings. The van der Waals surface area contributed by atoms with E-state index in [4.69, 9.17) is 0 Å². The lowest BCUT2D eigenvalue weighted by molar-refractivity contribution is 0.0951. The summed E-state index contributed by atoms with van der Waals surface area (Å²) in [5, 5.41) is 3.00. The van der Waals surface area contributed by atoms with Crippen molar-refractivity contribution < 1.29 is 4.79 Å². The van der Waals surface area contributed by atoms with Crippen molar-refractivity contribution in [3.8, 4) is 0 Å². The summed E-state index contributed by atoms with van der Waals surface area (Å²) >= 11 is 0. The fourth-order valence-corrected chi connectivity index (χ4v) is 3.33. The van der Waals surface area contributed by atoms with Gasteiger partial charge in [0.2, 0.25) is 0 Å². The van der Waals surface area contributed by atoms with Crippen LogP contribution in [0.15, 0.2) is 48.5 Å². The van der Waals surface area contributed by atoms with Crippen LogP contribution in [-0.2, 0) is 13.1 Å². The predicted octanol–water partition coefficient (Wildman–Crippen LogP) is 3.67. The number of anilines is 1. The Morgan fingerprint density at radius 1 is 0.923 bits per heavy atom. The van der Waals surface area contributed by atoms with Gasteiger partial charge < -0.3 is 10.2 Å². The summed E-state index contributed by atoms with van der Waals surface area (Å²) in [4.78, 5) is 16.9. The minimum absolute atomic E-state index is 0.0220. The standard InChI is InChI=1S/C22H29N3O/c1-24(2)21-12-8-18(9-13-21)16-23-22(26)20-10-6-19(7-11-20)17-25-14-4-3-5-15-25/h6-13H,3-5,14-17H2,1-2H3,(H,23,26). The molecule has 1 aliphatic heterocycles. The molecule has 1 N–H and O–H groups in total. The lowest BCUT2D eigenvalue weighted by Gasteiger charge is -2.26. The minimum atomic E-state index is -0.0220. The number of amides is 1. The highest BCUT2D eigenvalue weighted by molar-refractivity contribution is 5.94. The number of nitrogens with one attached hydrogen (secondary N) is 1. The molecule has 138 valence electrons. The predicted molar refractivity (Wildman–Crippen MR) is 108 cm³/mol. The largest absolute Gasteiger partial charge is 0.378 e. The average Bonchev–Trinajstić information content (AvgIpc) is 2.68. The Balaban J connectivity index is 1.51. The topological polar surface area (TPSA) is 35.6 Å². The molecule has 0 bridgehead atoms. The van der Waals surface area contributed by atoms with Gasteiger partial charge in [-0.25, -0.2) is 0 Å². The molecule has 1 heterocycles. The van der Waals surface area contributed by atoms with Crippen LogP contribution >= 0.6 is 0 Å². The first kappa shape index (κ1) is 18.5. The molecule has 0 atom stereocenters. The van der Waals surface area contributed by atoms with Crippen molar-refractivity contribution in [3.05, 3.63) is 65.2 Å². The molecule has 0 saturated carbocycles. The van der Waals surface area contributed by atoms with E-state index < -0.39 is 0 Å². The minimum Gasteiger partial charge on any atom is -0.378 e. The van der Waals surface area contributed by atoms with Gasteiger partial charge in [0.15, 0.2) is 0 Å². The summed E-state index contributed by atoms with van der Waals surface area (Å²) in [7, 11) is 4.04. The van der Waals surface area contributed by atoms with E-state index >= 15 is 0 Å². The van der Waals surface area contributed by atoms with Gasteiger partial charge in [-0.05, 0) is 61.3 Å². The van der Waals surface area contributed by atoms with E-state index in [1.165, 1.54) is 37.9 Å². The fraction of sp³-hybridized carbons (Fsp3) is 0.409. The molecule has 2 aromatic carbocycles. The first-order valence-corrected chi connectivity index (χ1v) is 9.47. The third kappa shape index (κ3) is 5.09. The summed E-state index contributed by atoms with van der Waals surface area (Å²) in [6.45, 7) is 3.91. The monoisotopic (exact) mass is 351 g/mol. The number of hydrogen-bond donors (Lipinski definition) is 1. The van der Waals surface area contributed by atoms with E-state index in [1.54, 1.807) is 0 Å². The van der Waals surface area contributed by atoms with Crippen LogP contribution in [0.4, 0.5) is 5.69 Å². The molecule has 1 saturated heterocycles. The van der Waals surface area contributed by atoms with Crippen LogP contribution in [0, 0.1) is 0 Å². The van der Waals surface area contributed by atoms with Crippen LogP contribution in [-0.4, -0.2) is 38.0 Å². The summed E-state index contributed by atoms with van der Waals surface area (Å²) in [5.74, 6) is -0.0220. The molecular formula is C22H29N3O. The van der Waals surface area contributed by atoms with E-state index in [0.717, 1.165) is 23.4 Å². The van der Waals surface area contributed by atoms with Crippen molar-refractivity contribution in [2.24, 2.45) is 0 Å². The number of carbonyl (C=O) groups excluding carboxylic acids is 1. The van der Waals surface area contributed by atoms with Gasteiger partial charge in [0.05, 0.1) is 0 Å². The van der Waals surface area contributed by atoms with Crippen LogP contribution in [0.25, 0.3) is 0 Å². The molecular weight excluding hydrogens is 322 g/mol. The van der Waals surface area contributed by atoms with Crippen LogP contribution in [0.5, 0.6) is 0 Å². The number of piperidine rings is 1. The maximum absolute atomic E-state index is 12.4. The molecule has 1 amide bonds. The number of rotatable bonds is 6. The highest BCUT2D eigenvalue weighted by Gasteiger charge is 2.11. The Kier molecular flexibility index (Phi) is 6.29. The zero-order valence-corrected chi connectivity index (χ0v) is 15.9. The molecule has 0 radical (unpaired) electrons. The number of benzene rings is 2. The molecule has 3 rings (SSSR count). The third-order valence-corrected chi connectivity index (χ3v) is 4.98. The summed E-state index contributed by atoms with van der Waals surface area (Å²) < 4.78 is 0. The molecule has 0 unspecified atom stereocenters. The van der Waals surface area contributed by atoms with E-state index in [-0.39, 0.29) is 5.91 Å². The first-order valence-electron chi connectivity index (χ1n) is 9.47. The molecule has 0 aliphatic carbocycles. The van der Waals surface area contributed by atoms with Gasteiger partial charge in [-0.3, -0.25) is 9.69 Å². The number of hydrogen-bond acceptors (Lipinski definition) is 3. The third-order valence-electron chi connectivity index (χ3n) is 4.98. The van der Waals surface area contributed by atoms with Gasteiger partial charge in [0, 0.05) is 38.4 Å². The smallest absolute Gasteiger partial charge is 0.251 e. The fourth-order valence-electron chi connectivity index (χ4n) is 3.33. The highest BCUT2D eigenvalue weighted by atomic mass is 16.1. The van der Waals surface area contributed by atoms with Gasteiger partial charge in [-0.1, -0.05) is 30.7 Å². The Morgan fingerprint density at radius 3 is 2.15 bits per heavy atom. The second-order valence-electron chi connectivity index (χ2n) is 7.28. The van der Waals surface area contributed by atoms with Crippen molar-refractivity contribution in [3.63, 3.8) is 0 Å². The van der Waals surface area contributed by atoms with E-state index in [0.29, 0.717) is 6.54 Å². The van der Waals surface area contributed by atoms with Gasteiger partial charge in [0.25, 0.3) is 5.91 Å². The maximum Gasteiger partial charge on any atom is 0.251 e. The van der Waals surface area contributed by atoms with Crippen molar-refractivity contribution in [2.45, 2.75) is 32.4 Å². The number of nitrogens with zero attached hydrogens (tertiary/aromatic N) is 2. The molecule has 1 fully saturated rings. The molecule has 26 heavy (non-hydrogen) atoms. The van der Waals surface area contributed by atoms with E-state index in [2.05, 4.69) is 51.5 Å². The second-order valence-corrected chi connectivity index (χ2v) is 7.28. The average molecular weight is 351 g/mol. The lowest BCUT2D eigenvalue weighted by Crippen LogP contribution is -2.29. The van der Waals surface area contributed by atoms with Crippen molar-refractivity contribution in [1.82, 2.24) is 10.2 Å². The zero-order chi connectivity index (χ0) is 18.4. The quantitative estimate of drug-likeness (QED) is 0.862. The first-order chi connectivity index (χ1) is 12.6. The van der Waals surface area contributed by atoms with Gasteiger partial charge in [-0.2, -0.15) is 0 Å². The van der Waals surface area contributed by atoms with Crippen molar-refractivity contribution >= 4 is 11.6 Å². The Bertz CT molecular complexity index is 701. The summed E-state index contributed by atoms with van der Waals surface area (Å²) in [6, 6.07) is 16.3. The van der Waals surface area contributed by atoms with Crippen LogP contribution < -0.4 is 10.2 Å². The van der Waals surface area contributed by atoms with Crippen molar-refractivity contribution in [2.75, 3.05) is 32.1 Å². The highest BCUT2D eigenvalue weighted by Crippen LogP contribution is 2.14. The summed E-state index contributed by atoms with van der Waals surface area (Å²) in [5.41, 5.74) is 4.26. The van der Waals surface area contributed by atoms with Crippen molar-refractivity contribution in [1.29, 1.82) is 0 Å². The molecule has 4 nitrogen and oxygen atoms in total. The van der Waals surface area contributed by atoms with E-state index in [1.807, 2.05) is 26.2 Å². The Morgan fingerprint density at radius 2 is 1.54 bits per heavy atom. The van der Waals surface area contributed by atoms with E-state index in [9.17, 15) is 4.79 Å². The lowest BCUT2D eigenvalue weighted by atomic mass is 10.1. The van der Waals surface area contributed by atoms with Gasteiger partial charge >= 0.3 is 0 Å². The number of carbonyl (C=O) groups is 1. The molecule has 4 heteroatoms. The molecule has 0 aromatic heterocycles. The Hall–Kier alpha value is -2.33. The molecule has 1 aliphatic rings. The maximum atomic E-state index is 12.4. The zero-order valence-electron chi connectivity index (χ0n) is 15.9. The van der Waals surface area contributed by atoms with Crippen LogP contribution in [0.2, 0.25) is 0 Å². The number of likely N-dealkylation sites (tertiary alicyclic amines) is 1. The summed E-state index contributed by atoms with van der Waals surface area (Å²) in [6.07, 6.45) is 3.96. The van der Waals surface area contributed by atoms with Crippen LogP contribution in [0.3, 0.4) is 0 Å². The van der Waals surface area contributed by atoms with Gasteiger partial charge in [0.1, 0.15) is 0 Å². The normalized spacial score (nSPS) is 14.8. The SMILES string of the molecule is CN(C)c1ccc(CNC(=O)c2ccc(CN3CCCCC3)cc2)cc1. The van der Waals surface area contributed by atoms with Crippen LogP contribution in [0.1, 0.15) is 40.7 Å². The Labute approximate surface area is 156 Å². The van der Waals surface area contributed by atoms with Gasteiger partial charge in [-0.15, -0.1) is 0 Å².